The molecule has 0 saturated carbocycles. The molecule has 8 nitrogen and oxygen atoms in total. The molecule has 1 saturated heterocycles. The first kappa shape index (κ1) is 14.4. The maximum atomic E-state index is 11.6. The highest BCUT2D eigenvalue weighted by Crippen LogP contribution is 2.21. The predicted molar refractivity (Wildman–Crippen MR) is 88.9 cm³/mol. The lowest BCUT2D eigenvalue weighted by molar-refractivity contribution is 0.181. The molecule has 2 aromatic heterocycles. The number of nitrogens with one attached hydrogen (secondary N) is 2. The van der Waals surface area contributed by atoms with Crippen molar-refractivity contribution in [3.63, 3.8) is 0 Å². The van der Waals surface area contributed by atoms with Gasteiger partial charge in [0.1, 0.15) is 18.2 Å². The molecule has 1 amide bonds. The van der Waals surface area contributed by atoms with E-state index < -0.39 is 0 Å². The van der Waals surface area contributed by atoms with E-state index in [9.17, 15) is 4.79 Å². The Morgan fingerprint density at radius 3 is 2.96 bits per heavy atom. The van der Waals surface area contributed by atoms with E-state index in [1.165, 1.54) is 4.90 Å². The molecule has 0 aliphatic carbocycles. The molecule has 8 heteroatoms. The van der Waals surface area contributed by atoms with Gasteiger partial charge in [0.25, 0.3) is 0 Å². The van der Waals surface area contributed by atoms with Crippen LogP contribution in [0.3, 0.4) is 0 Å². The number of nitrogens with zero attached hydrogens (tertiary/aromatic N) is 4. The number of amides is 1. The summed E-state index contributed by atoms with van der Waals surface area (Å²) in [6.07, 6.45) is 1.23. The van der Waals surface area contributed by atoms with Gasteiger partial charge in [-0.25, -0.2) is 14.8 Å². The van der Waals surface area contributed by atoms with Crippen LogP contribution < -0.4 is 10.2 Å². The van der Waals surface area contributed by atoms with Crippen LogP contribution in [-0.2, 0) is 4.74 Å². The van der Waals surface area contributed by atoms with Crippen LogP contribution >= 0.6 is 0 Å². The maximum absolute atomic E-state index is 11.6. The van der Waals surface area contributed by atoms with E-state index in [0.29, 0.717) is 24.9 Å². The Labute approximate surface area is 137 Å². The highest BCUT2D eigenvalue weighted by molar-refractivity contribution is 5.88. The summed E-state index contributed by atoms with van der Waals surface area (Å²) in [6, 6.07) is 9.42. The number of benzene rings is 1. The zero-order valence-corrected chi connectivity index (χ0v) is 13.1. The minimum Gasteiger partial charge on any atom is -0.447 e. The minimum absolute atomic E-state index is 0.113. The lowest BCUT2D eigenvalue weighted by atomic mass is 10.3. The summed E-state index contributed by atoms with van der Waals surface area (Å²) in [7, 11) is 0. The third-order valence-corrected chi connectivity index (χ3v) is 3.84. The maximum Gasteiger partial charge on any atom is 0.415 e. The Hall–Kier alpha value is -3.16. The summed E-state index contributed by atoms with van der Waals surface area (Å²) in [5, 5.41) is 3.20. The fourth-order valence-corrected chi connectivity index (χ4v) is 2.61. The van der Waals surface area contributed by atoms with Gasteiger partial charge in [0.15, 0.2) is 0 Å². The van der Waals surface area contributed by atoms with Crippen molar-refractivity contribution in [1.82, 2.24) is 19.9 Å². The molecule has 0 unspecified atom stereocenters. The van der Waals surface area contributed by atoms with Gasteiger partial charge in [0, 0.05) is 6.20 Å². The third kappa shape index (κ3) is 2.62. The van der Waals surface area contributed by atoms with Crippen molar-refractivity contribution in [3.8, 4) is 0 Å². The minimum atomic E-state index is -0.384. The summed E-state index contributed by atoms with van der Waals surface area (Å²) >= 11 is 0. The Balaban J connectivity index is 1.55. The van der Waals surface area contributed by atoms with E-state index in [-0.39, 0.29) is 12.1 Å². The van der Waals surface area contributed by atoms with Crippen molar-refractivity contribution in [3.05, 3.63) is 42.4 Å². The zero-order valence-electron chi connectivity index (χ0n) is 13.1. The normalized spacial score (nSPS) is 15.5. The summed E-state index contributed by atoms with van der Waals surface area (Å²) in [5.41, 5.74) is 1.89. The molecule has 0 spiro atoms. The quantitative estimate of drug-likeness (QED) is 0.765. The number of aromatic amines is 1. The van der Waals surface area contributed by atoms with Crippen LogP contribution in [-0.4, -0.2) is 39.2 Å². The first-order valence-corrected chi connectivity index (χ1v) is 7.69. The molecule has 3 heterocycles. The van der Waals surface area contributed by atoms with Gasteiger partial charge in [0.05, 0.1) is 23.6 Å². The summed E-state index contributed by atoms with van der Waals surface area (Å²) in [4.78, 5) is 29.6. The van der Waals surface area contributed by atoms with Gasteiger partial charge in [-0.3, -0.25) is 4.90 Å². The number of hydrogen-bond acceptors (Lipinski definition) is 6. The van der Waals surface area contributed by atoms with Crippen LogP contribution in [0.4, 0.5) is 16.6 Å². The van der Waals surface area contributed by atoms with Crippen LogP contribution in [0.15, 0.2) is 36.5 Å². The molecule has 0 radical (unpaired) electrons. The van der Waals surface area contributed by atoms with Crippen LogP contribution in [0.2, 0.25) is 0 Å². The number of ether oxygens (including phenoxy) is 1. The van der Waals surface area contributed by atoms with Crippen molar-refractivity contribution in [2.24, 2.45) is 0 Å². The second-order valence-electron chi connectivity index (χ2n) is 5.51. The molecule has 1 aliphatic heterocycles. The molecule has 1 aromatic carbocycles. The molecule has 24 heavy (non-hydrogen) atoms. The molecule has 3 aromatic rings. The second-order valence-corrected chi connectivity index (χ2v) is 5.51. The van der Waals surface area contributed by atoms with Crippen LogP contribution in [0.25, 0.3) is 11.0 Å². The smallest absolute Gasteiger partial charge is 0.415 e. The average molecular weight is 324 g/mol. The van der Waals surface area contributed by atoms with Gasteiger partial charge >= 0.3 is 6.09 Å². The molecule has 4 rings (SSSR count). The standard InChI is InChI=1S/C16H16N6O2/c1-10(14-19-11-4-2-3-5-12(11)20-14)18-15-17-7-6-13(21-15)22-8-9-24-16(22)23/h2-7,10H,8-9H2,1H3,(H,19,20)(H,17,18,21)/t10-/m0/s1. The number of anilines is 2. The van der Waals surface area contributed by atoms with E-state index in [4.69, 9.17) is 4.74 Å². The number of hydrogen-bond donors (Lipinski definition) is 2. The Kier molecular flexibility index (Phi) is 3.49. The van der Waals surface area contributed by atoms with Crippen molar-refractivity contribution >= 4 is 28.9 Å². The molecule has 2 N–H and O–H groups in total. The highest BCUT2D eigenvalue weighted by atomic mass is 16.6. The fourth-order valence-electron chi connectivity index (χ4n) is 2.61. The van der Waals surface area contributed by atoms with Crippen LogP contribution in [0.5, 0.6) is 0 Å². The van der Waals surface area contributed by atoms with Crippen LogP contribution in [0, 0.1) is 0 Å². The second kappa shape index (κ2) is 5.80. The summed E-state index contributed by atoms with van der Waals surface area (Å²) in [6.45, 7) is 2.84. The fraction of sp³-hybridized carbons (Fsp3) is 0.250. The molecule has 1 fully saturated rings. The largest absolute Gasteiger partial charge is 0.447 e. The molecule has 1 atom stereocenters. The number of imidazole rings is 1. The Morgan fingerprint density at radius 1 is 1.29 bits per heavy atom. The van der Waals surface area contributed by atoms with Gasteiger partial charge in [-0.2, -0.15) is 4.98 Å². The highest BCUT2D eigenvalue weighted by Gasteiger charge is 2.25. The lowest BCUT2D eigenvalue weighted by Gasteiger charge is -2.14. The predicted octanol–water partition coefficient (Wildman–Crippen LogP) is 2.48. The molecular formula is C16H16N6O2. The van der Waals surface area contributed by atoms with Gasteiger partial charge < -0.3 is 15.0 Å². The Bertz CT molecular complexity index is 860. The number of rotatable bonds is 4. The molecule has 122 valence electrons. The van der Waals surface area contributed by atoms with Crippen molar-refractivity contribution in [1.29, 1.82) is 0 Å². The monoisotopic (exact) mass is 324 g/mol. The number of carbonyl (C=O) groups is 1. The first-order valence-electron chi connectivity index (χ1n) is 7.69. The number of H-pyrrole nitrogens is 1. The summed E-state index contributed by atoms with van der Waals surface area (Å²) < 4.78 is 4.94. The summed E-state index contributed by atoms with van der Waals surface area (Å²) in [5.74, 6) is 1.75. The van der Waals surface area contributed by atoms with E-state index >= 15 is 0 Å². The molecule has 0 bridgehead atoms. The number of fused-ring (bicyclic) bond motifs is 1. The first-order chi connectivity index (χ1) is 11.7. The topological polar surface area (TPSA) is 96.0 Å². The number of carbonyl (C=O) groups excluding carboxylic acids is 1. The van der Waals surface area contributed by atoms with E-state index in [0.717, 1.165) is 16.9 Å². The third-order valence-electron chi connectivity index (χ3n) is 3.84. The average Bonchev–Trinajstić information content (AvgIpc) is 3.21. The van der Waals surface area contributed by atoms with Crippen LogP contribution in [0.1, 0.15) is 18.8 Å². The van der Waals surface area contributed by atoms with E-state index in [2.05, 4.69) is 25.3 Å². The van der Waals surface area contributed by atoms with E-state index in [1.54, 1.807) is 12.3 Å². The van der Waals surface area contributed by atoms with Gasteiger partial charge in [-0.15, -0.1) is 0 Å². The van der Waals surface area contributed by atoms with Crippen molar-refractivity contribution in [2.75, 3.05) is 23.4 Å². The van der Waals surface area contributed by atoms with Crippen molar-refractivity contribution in [2.45, 2.75) is 13.0 Å². The van der Waals surface area contributed by atoms with Gasteiger partial charge in [0.2, 0.25) is 5.95 Å². The van der Waals surface area contributed by atoms with Gasteiger partial charge in [-0.05, 0) is 25.1 Å². The Morgan fingerprint density at radius 2 is 2.17 bits per heavy atom. The van der Waals surface area contributed by atoms with Crippen molar-refractivity contribution < 1.29 is 9.53 Å². The molecular weight excluding hydrogens is 308 g/mol. The molecule has 1 aliphatic rings. The lowest BCUT2D eigenvalue weighted by Crippen LogP contribution is -2.25. The zero-order chi connectivity index (χ0) is 16.5. The van der Waals surface area contributed by atoms with E-state index in [1.807, 2.05) is 31.2 Å². The van der Waals surface area contributed by atoms with Gasteiger partial charge in [-0.1, -0.05) is 12.1 Å². The SMILES string of the molecule is C[C@H](Nc1nccc(N2CCOC2=O)n1)c1nc2ccccc2[nH]1. The number of para-hydroxylation sites is 2. The number of cyclic esters (lactones) is 1. The number of aromatic nitrogens is 4.